The zero-order chi connectivity index (χ0) is 22.1. The summed E-state index contributed by atoms with van der Waals surface area (Å²) in [5, 5.41) is 14.8. The first kappa shape index (κ1) is 20.3. The van der Waals surface area contributed by atoms with Gasteiger partial charge in [0.2, 0.25) is 5.16 Å². The third-order valence-electron chi connectivity index (χ3n) is 4.74. The summed E-state index contributed by atoms with van der Waals surface area (Å²) >= 11 is 2.74. The molecule has 0 saturated heterocycles. The molecule has 5 rings (SSSR count). The number of thioether (sulfide) groups is 1. The average Bonchev–Trinajstić information content (AvgIpc) is 3.46. The second-order valence-corrected chi connectivity index (χ2v) is 8.51. The Labute approximate surface area is 189 Å². The second kappa shape index (κ2) is 8.52. The van der Waals surface area contributed by atoms with Crippen LogP contribution < -0.4 is 10.3 Å². The fraction of sp³-hybridized carbons (Fsp3) is 0.0952. The number of tetrazole rings is 1. The summed E-state index contributed by atoms with van der Waals surface area (Å²) in [6.45, 7) is 0. The minimum absolute atomic E-state index is 0.235. The SMILES string of the molecule is COc1ccc(-n2nnnc2SCc2nc3scc(-c4ccc(F)cc4)c3c(=O)[nH]2)cc1. The molecular weight excluding hydrogens is 451 g/mol. The van der Waals surface area contributed by atoms with Gasteiger partial charge < -0.3 is 9.72 Å². The van der Waals surface area contributed by atoms with Crippen LogP contribution in [0.1, 0.15) is 5.82 Å². The van der Waals surface area contributed by atoms with E-state index in [1.54, 1.807) is 23.9 Å². The van der Waals surface area contributed by atoms with Crippen molar-refractivity contribution in [2.24, 2.45) is 0 Å². The van der Waals surface area contributed by atoms with Crippen molar-refractivity contribution in [1.82, 2.24) is 30.2 Å². The lowest BCUT2D eigenvalue weighted by Gasteiger charge is -2.05. The largest absolute Gasteiger partial charge is 0.497 e. The molecule has 0 fully saturated rings. The molecule has 0 spiro atoms. The van der Waals surface area contributed by atoms with Crippen LogP contribution in [0, 0.1) is 5.82 Å². The topological polar surface area (TPSA) is 98.6 Å². The highest BCUT2D eigenvalue weighted by molar-refractivity contribution is 7.98. The number of rotatable bonds is 6. The Hall–Kier alpha value is -3.57. The van der Waals surface area contributed by atoms with Crippen LogP contribution in [-0.2, 0) is 5.75 Å². The minimum Gasteiger partial charge on any atom is -0.497 e. The zero-order valence-corrected chi connectivity index (χ0v) is 18.3. The van der Waals surface area contributed by atoms with Crippen molar-refractivity contribution in [2.45, 2.75) is 10.9 Å². The van der Waals surface area contributed by atoms with Crippen molar-refractivity contribution in [3.8, 4) is 22.6 Å². The minimum atomic E-state index is -0.323. The van der Waals surface area contributed by atoms with Gasteiger partial charge in [0, 0.05) is 10.9 Å². The Morgan fingerprint density at radius 1 is 1.16 bits per heavy atom. The molecule has 0 aliphatic carbocycles. The Morgan fingerprint density at radius 2 is 1.94 bits per heavy atom. The smallest absolute Gasteiger partial charge is 0.260 e. The molecule has 0 aliphatic heterocycles. The molecule has 1 N–H and O–H groups in total. The number of hydrogen-bond donors (Lipinski definition) is 1. The molecule has 160 valence electrons. The molecule has 0 atom stereocenters. The van der Waals surface area contributed by atoms with Gasteiger partial charge in [-0.25, -0.2) is 9.37 Å². The van der Waals surface area contributed by atoms with Crippen LogP contribution in [0.2, 0.25) is 0 Å². The zero-order valence-electron chi connectivity index (χ0n) is 16.7. The third-order valence-corrected chi connectivity index (χ3v) is 6.55. The number of hydrogen-bond acceptors (Lipinski definition) is 8. The van der Waals surface area contributed by atoms with Crippen LogP contribution in [-0.4, -0.2) is 37.3 Å². The van der Waals surface area contributed by atoms with E-state index in [1.807, 2.05) is 29.6 Å². The molecule has 32 heavy (non-hydrogen) atoms. The Bertz CT molecular complexity index is 1440. The lowest BCUT2D eigenvalue weighted by Crippen LogP contribution is -2.11. The van der Waals surface area contributed by atoms with Crippen LogP contribution in [0.3, 0.4) is 0 Å². The fourth-order valence-corrected chi connectivity index (χ4v) is 4.92. The summed E-state index contributed by atoms with van der Waals surface area (Å²) < 4.78 is 20.0. The van der Waals surface area contributed by atoms with Crippen molar-refractivity contribution in [2.75, 3.05) is 7.11 Å². The maximum Gasteiger partial charge on any atom is 0.260 e. The van der Waals surface area contributed by atoms with Gasteiger partial charge in [-0.15, -0.1) is 16.4 Å². The highest BCUT2D eigenvalue weighted by atomic mass is 32.2. The molecule has 0 unspecified atom stereocenters. The number of fused-ring (bicyclic) bond motifs is 1. The highest BCUT2D eigenvalue weighted by Crippen LogP contribution is 2.31. The number of ether oxygens (including phenoxy) is 1. The molecule has 0 saturated carbocycles. The normalized spacial score (nSPS) is 11.2. The first-order valence-electron chi connectivity index (χ1n) is 9.44. The van der Waals surface area contributed by atoms with E-state index in [1.165, 1.54) is 35.2 Å². The fourth-order valence-electron chi connectivity index (χ4n) is 3.19. The van der Waals surface area contributed by atoms with E-state index in [0.29, 0.717) is 27.0 Å². The molecule has 3 aromatic heterocycles. The summed E-state index contributed by atoms with van der Waals surface area (Å²) in [5.41, 5.74) is 2.06. The molecule has 0 aliphatic rings. The van der Waals surface area contributed by atoms with Gasteiger partial charge in [-0.1, -0.05) is 23.9 Å². The molecule has 8 nitrogen and oxygen atoms in total. The van der Waals surface area contributed by atoms with Crippen molar-refractivity contribution in [3.63, 3.8) is 0 Å². The number of thiophene rings is 1. The van der Waals surface area contributed by atoms with Gasteiger partial charge in [-0.3, -0.25) is 4.79 Å². The van der Waals surface area contributed by atoms with Crippen LogP contribution in [0.4, 0.5) is 4.39 Å². The van der Waals surface area contributed by atoms with Gasteiger partial charge >= 0.3 is 0 Å². The highest BCUT2D eigenvalue weighted by Gasteiger charge is 2.15. The maximum absolute atomic E-state index is 13.2. The Balaban J connectivity index is 1.40. The van der Waals surface area contributed by atoms with E-state index in [0.717, 1.165) is 22.6 Å². The third kappa shape index (κ3) is 3.87. The van der Waals surface area contributed by atoms with E-state index in [4.69, 9.17) is 4.74 Å². The van der Waals surface area contributed by atoms with Crippen LogP contribution in [0.5, 0.6) is 5.75 Å². The molecule has 0 bridgehead atoms. The van der Waals surface area contributed by atoms with Gasteiger partial charge in [0.05, 0.1) is 23.9 Å². The molecule has 11 heteroatoms. The van der Waals surface area contributed by atoms with E-state index < -0.39 is 0 Å². The summed E-state index contributed by atoms with van der Waals surface area (Å²) in [6.07, 6.45) is 0. The quantitative estimate of drug-likeness (QED) is 0.377. The number of halogens is 1. The number of nitrogens with one attached hydrogen (secondary N) is 1. The van der Waals surface area contributed by atoms with Gasteiger partial charge in [-0.2, -0.15) is 4.68 Å². The van der Waals surface area contributed by atoms with Gasteiger partial charge in [-0.05, 0) is 52.4 Å². The van der Waals surface area contributed by atoms with Gasteiger partial charge in [0.1, 0.15) is 22.2 Å². The monoisotopic (exact) mass is 466 g/mol. The summed E-state index contributed by atoms with van der Waals surface area (Å²) in [5.74, 6) is 1.31. The van der Waals surface area contributed by atoms with E-state index in [-0.39, 0.29) is 11.4 Å². The molecule has 2 aromatic carbocycles. The summed E-state index contributed by atoms with van der Waals surface area (Å²) in [6, 6.07) is 13.4. The molecule has 5 aromatic rings. The maximum atomic E-state index is 13.2. The number of H-pyrrole nitrogens is 1. The van der Waals surface area contributed by atoms with Crippen LogP contribution >= 0.6 is 23.1 Å². The van der Waals surface area contributed by atoms with Crippen molar-refractivity contribution in [3.05, 3.63) is 75.9 Å². The number of aromatic nitrogens is 6. The number of benzene rings is 2. The standard InChI is InChI=1S/C21H15FN6O2S2/c1-30-15-8-6-14(7-9-15)28-21(25-26-27-28)32-11-17-23-19(29)18-16(10-31-20(18)24-17)12-2-4-13(22)5-3-12/h2-10H,11H2,1H3,(H,23,24,29). The first-order valence-corrected chi connectivity index (χ1v) is 11.3. The average molecular weight is 467 g/mol. The summed E-state index contributed by atoms with van der Waals surface area (Å²) in [7, 11) is 1.61. The first-order chi connectivity index (χ1) is 15.6. The Morgan fingerprint density at radius 3 is 2.69 bits per heavy atom. The van der Waals surface area contributed by atoms with Crippen LogP contribution in [0.15, 0.2) is 63.9 Å². The van der Waals surface area contributed by atoms with E-state index >= 15 is 0 Å². The van der Waals surface area contributed by atoms with Crippen molar-refractivity contribution < 1.29 is 9.13 Å². The van der Waals surface area contributed by atoms with Gasteiger partial charge in [0.25, 0.3) is 5.56 Å². The molecule has 3 heterocycles. The van der Waals surface area contributed by atoms with Crippen molar-refractivity contribution >= 4 is 33.3 Å². The number of methoxy groups -OCH3 is 1. The van der Waals surface area contributed by atoms with Crippen LogP contribution in [0.25, 0.3) is 27.0 Å². The number of aromatic amines is 1. The number of nitrogens with zero attached hydrogens (tertiary/aromatic N) is 5. The Kier molecular flexibility index (Phi) is 5.41. The predicted octanol–water partition coefficient (Wildman–Crippen LogP) is 4.07. The van der Waals surface area contributed by atoms with Crippen molar-refractivity contribution in [1.29, 1.82) is 0 Å². The lowest BCUT2D eigenvalue weighted by atomic mass is 10.1. The van der Waals surface area contributed by atoms with E-state index in [2.05, 4.69) is 25.5 Å². The lowest BCUT2D eigenvalue weighted by molar-refractivity contribution is 0.414. The summed E-state index contributed by atoms with van der Waals surface area (Å²) in [4.78, 5) is 20.9. The van der Waals surface area contributed by atoms with Gasteiger partial charge in [0.15, 0.2) is 0 Å². The molecular formula is C21H15FN6O2S2. The second-order valence-electron chi connectivity index (χ2n) is 6.71. The van der Waals surface area contributed by atoms with E-state index in [9.17, 15) is 9.18 Å². The molecule has 0 radical (unpaired) electrons. The molecule has 0 amide bonds. The predicted molar refractivity (Wildman–Crippen MR) is 121 cm³/mol.